The van der Waals surface area contributed by atoms with Crippen molar-refractivity contribution in [3.63, 3.8) is 0 Å². The standard InChI is InChI=1S/C21H29N5.HI/c1-2-22-21(24-16-20-10-6-7-13-23-20)25-19-11-14-26(15-12-19)17-18-8-4-3-5-9-18;/h3-10,13,19H,2,11-12,14-17H2,1H3,(H2,22,24,25);1H. The third-order valence-corrected chi connectivity index (χ3v) is 4.65. The van der Waals surface area contributed by atoms with E-state index in [9.17, 15) is 0 Å². The molecule has 1 aromatic carbocycles. The molecule has 2 N–H and O–H groups in total. The second-order valence-corrected chi connectivity index (χ2v) is 6.70. The van der Waals surface area contributed by atoms with Crippen molar-refractivity contribution in [2.75, 3.05) is 19.6 Å². The quantitative estimate of drug-likeness (QED) is 0.379. The minimum Gasteiger partial charge on any atom is -0.357 e. The number of guanidine groups is 1. The number of hydrogen-bond acceptors (Lipinski definition) is 3. The fourth-order valence-electron chi connectivity index (χ4n) is 3.24. The fourth-order valence-corrected chi connectivity index (χ4v) is 3.24. The van der Waals surface area contributed by atoms with E-state index in [1.807, 2.05) is 24.4 Å². The predicted molar refractivity (Wildman–Crippen MR) is 122 cm³/mol. The molecule has 27 heavy (non-hydrogen) atoms. The zero-order valence-electron chi connectivity index (χ0n) is 16.0. The number of aromatic nitrogens is 1. The lowest BCUT2D eigenvalue weighted by molar-refractivity contribution is 0.198. The molecule has 1 aliphatic rings. The Balaban J connectivity index is 0.00000261. The van der Waals surface area contributed by atoms with Gasteiger partial charge in [-0.1, -0.05) is 36.4 Å². The lowest BCUT2D eigenvalue weighted by Gasteiger charge is -2.33. The van der Waals surface area contributed by atoms with Crippen molar-refractivity contribution in [3.05, 3.63) is 66.0 Å². The van der Waals surface area contributed by atoms with E-state index in [-0.39, 0.29) is 24.0 Å². The van der Waals surface area contributed by atoms with E-state index >= 15 is 0 Å². The van der Waals surface area contributed by atoms with Gasteiger partial charge < -0.3 is 10.6 Å². The Kier molecular flexibility index (Phi) is 9.55. The van der Waals surface area contributed by atoms with E-state index < -0.39 is 0 Å². The molecule has 0 unspecified atom stereocenters. The van der Waals surface area contributed by atoms with Gasteiger partial charge in [0.25, 0.3) is 0 Å². The lowest BCUT2D eigenvalue weighted by atomic mass is 10.0. The van der Waals surface area contributed by atoms with Crippen molar-refractivity contribution in [2.24, 2.45) is 4.99 Å². The van der Waals surface area contributed by atoms with Crippen LogP contribution in [0.4, 0.5) is 0 Å². The van der Waals surface area contributed by atoms with Gasteiger partial charge in [0.2, 0.25) is 0 Å². The average Bonchev–Trinajstić information content (AvgIpc) is 2.69. The molecule has 0 amide bonds. The first-order chi connectivity index (χ1) is 12.8. The number of benzene rings is 1. The monoisotopic (exact) mass is 479 g/mol. The maximum Gasteiger partial charge on any atom is 0.191 e. The highest BCUT2D eigenvalue weighted by atomic mass is 127. The van der Waals surface area contributed by atoms with E-state index in [1.165, 1.54) is 5.56 Å². The fraction of sp³-hybridized carbons (Fsp3) is 0.429. The molecule has 2 heterocycles. The van der Waals surface area contributed by atoms with Crippen LogP contribution in [0.5, 0.6) is 0 Å². The van der Waals surface area contributed by atoms with Crippen molar-refractivity contribution in [1.29, 1.82) is 0 Å². The molecule has 0 aliphatic carbocycles. The molecule has 0 bridgehead atoms. The topological polar surface area (TPSA) is 52.6 Å². The van der Waals surface area contributed by atoms with Crippen molar-refractivity contribution in [2.45, 2.75) is 38.9 Å². The van der Waals surface area contributed by atoms with Crippen LogP contribution in [0.2, 0.25) is 0 Å². The molecule has 3 rings (SSSR count). The first kappa shape index (κ1) is 21.6. The summed E-state index contributed by atoms with van der Waals surface area (Å²) in [5.74, 6) is 0.889. The van der Waals surface area contributed by atoms with Gasteiger partial charge in [0.05, 0.1) is 12.2 Å². The summed E-state index contributed by atoms with van der Waals surface area (Å²) in [6.07, 6.45) is 4.09. The van der Waals surface area contributed by atoms with Gasteiger partial charge in [-0.2, -0.15) is 0 Å². The highest BCUT2D eigenvalue weighted by molar-refractivity contribution is 14.0. The van der Waals surface area contributed by atoms with Crippen molar-refractivity contribution in [3.8, 4) is 0 Å². The number of aliphatic imine (C=N–C) groups is 1. The molecule has 5 nitrogen and oxygen atoms in total. The summed E-state index contributed by atoms with van der Waals surface area (Å²) >= 11 is 0. The van der Waals surface area contributed by atoms with Gasteiger partial charge in [0.15, 0.2) is 5.96 Å². The van der Waals surface area contributed by atoms with E-state index in [0.717, 1.165) is 50.7 Å². The van der Waals surface area contributed by atoms with Gasteiger partial charge >= 0.3 is 0 Å². The number of halogens is 1. The largest absolute Gasteiger partial charge is 0.357 e. The van der Waals surface area contributed by atoms with Crippen molar-refractivity contribution < 1.29 is 0 Å². The summed E-state index contributed by atoms with van der Waals surface area (Å²) in [7, 11) is 0. The third-order valence-electron chi connectivity index (χ3n) is 4.65. The maximum absolute atomic E-state index is 4.68. The Bertz CT molecular complexity index is 669. The first-order valence-corrected chi connectivity index (χ1v) is 9.54. The zero-order valence-corrected chi connectivity index (χ0v) is 18.3. The second-order valence-electron chi connectivity index (χ2n) is 6.70. The smallest absolute Gasteiger partial charge is 0.191 e. The molecule has 2 aromatic rings. The van der Waals surface area contributed by atoms with E-state index in [1.54, 1.807) is 0 Å². The molecule has 0 saturated carbocycles. The molecule has 1 fully saturated rings. The van der Waals surface area contributed by atoms with Gasteiger partial charge in [0, 0.05) is 38.4 Å². The zero-order chi connectivity index (χ0) is 18.0. The van der Waals surface area contributed by atoms with E-state index in [4.69, 9.17) is 0 Å². The summed E-state index contributed by atoms with van der Waals surface area (Å²) in [5, 5.41) is 6.94. The first-order valence-electron chi connectivity index (χ1n) is 9.54. The molecular weight excluding hydrogens is 449 g/mol. The Labute approximate surface area is 179 Å². The normalized spacial score (nSPS) is 15.8. The van der Waals surface area contributed by atoms with Gasteiger partial charge in [-0.05, 0) is 37.5 Å². The summed E-state index contributed by atoms with van der Waals surface area (Å²) in [4.78, 5) is 11.6. The van der Waals surface area contributed by atoms with Crippen LogP contribution in [0, 0.1) is 0 Å². The lowest BCUT2D eigenvalue weighted by Crippen LogP contribution is -2.48. The number of likely N-dealkylation sites (tertiary alicyclic amines) is 1. The Morgan fingerprint density at radius 1 is 1.11 bits per heavy atom. The molecule has 0 atom stereocenters. The number of rotatable bonds is 6. The summed E-state index contributed by atoms with van der Waals surface area (Å²) < 4.78 is 0. The van der Waals surface area contributed by atoms with Crippen LogP contribution in [0.15, 0.2) is 59.7 Å². The minimum absolute atomic E-state index is 0. The predicted octanol–water partition coefficient (Wildman–Crippen LogP) is 3.42. The van der Waals surface area contributed by atoms with E-state index in [0.29, 0.717) is 12.6 Å². The van der Waals surface area contributed by atoms with Crippen LogP contribution in [0.1, 0.15) is 31.0 Å². The molecule has 6 heteroatoms. The van der Waals surface area contributed by atoms with Crippen LogP contribution in [0.25, 0.3) is 0 Å². The van der Waals surface area contributed by atoms with Crippen LogP contribution in [-0.4, -0.2) is 41.5 Å². The average molecular weight is 479 g/mol. The number of pyridine rings is 1. The van der Waals surface area contributed by atoms with Crippen LogP contribution >= 0.6 is 24.0 Å². The van der Waals surface area contributed by atoms with Crippen LogP contribution in [0.3, 0.4) is 0 Å². The summed E-state index contributed by atoms with van der Waals surface area (Å²) in [6.45, 7) is 6.84. The van der Waals surface area contributed by atoms with E-state index in [2.05, 4.69) is 62.8 Å². The Morgan fingerprint density at radius 2 is 1.85 bits per heavy atom. The van der Waals surface area contributed by atoms with Gasteiger partial charge in [-0.15, -0.1) is 24.0 Å². The molecule has 1 aliphatic heterocycles. The summed E-state index contributed by atoms with van der Waals surface area (Å²) in [6, 6.07) is 17.1. The molecule has 146 valence electrons. The SMILES string of the molecule is CCNC(=NCc1ccccn1)NC1CCN(Cc2ccccc2)CC1.I. The second kappa shape index (κ2) is 11.9. The number of piperidine rings is 1. The summed E-state index contributed by atoms with van der Waals surface area (Å²) in [5.41, 5.74) is 2.38. The Hall–Kier alpha value is -1.67. The molecule has 0 radical (unpaired) electrons. The molecule has 1 saturated heterocycles. The number of nitrogens with zero attached hydrogens (tertiary/aromatic N) is 3. The molecule has 0 spiro atoms. The number of nitrogens with one attached hydrogen (secondary N) is 2. The van der Waals surface area contributed by atoms with Gasteiger partial charge in [-0.25, -0.2) is 4.99 Å². The Morgan fingerprint density at radius 3 is 2.52 bits per heavy atom. The molecule has 1 aromatic heterocycles. The van der Waals surface area contributed by atoms with Crippen molar-refractivity contribution >= 4 is 29.9 Å². The van der Waals surface area contributed by atoms with Gasteiger partial charge in [-0.3, -0.25) is 9.88 Å². The van der Waals surface area contributed by atoms with Crippen molar-refractivity contribution in [1.82, 2.24) is 20.5 Å². The van der Waals surface area contributed by atoms with Gasteiger partial charge in [0.1, 0.15) is 0 Å². The maximum atomic E-state index is 4.68. The molecular formula is C21H30IN5. The third kappa shape index (κ3) is 7.46. The minimum atomic E-state index is 0. The van der Waals surface area contributed by atoms with Crippen LogP contribution < -0.4 is 10.6 Å². The highest BCUT2D eigenvalue weighted by Gasteiger charge is 2.20. The van der Waals surface area contributed by atoms with Crippen LogP contribution in [-0.2, 0) is 13.1 Å². The number of hydrogen-bond donors (Lipinski definition) is 2. The highest BCUT2D eigenvalue weighted by Crippen LogP contribution is 2.13.